The molecule has 72 valence electrons. The Kier molecular flexibility index (Phi) is 2.46. The van der Waals surface area contributed by atoms with Gasteiger partial charge in [-0.25, -0.2) is 0 Å². The van der Waals surface area contributed by atoms with E-state index < -0.39 is 0 Å². The molecule has 2 heterocycles. The van der Waals surface area contributed by atoms with E-state index in [9.17, 15) is 4.79 Å². The molecule has 1 unspecified atom stereocenters. The quantitative estimate of drug-likeness (QED) is 0.400. The lowest BCUT2D eigenvalue weighted by Gasteiger charge is -2.25. The van der Waals surface area contributed by atoms with Gasteiger partial charge in [0.2, 0.25) is 0 Å². The first-order valence-corrected chi connectivity index (χ1v) is 4.97. The SMILES string of the molecule is O=C1NC(S)NC2=C1CCNCC2. The van der Waals surface area contributed by atoms with Crippen molar-refractivity contribution < 1.29 is 4.79 Å². The maximum absolute atomic E-state index is 11.5. The zero-order chi connectivity index (χ0) is 9.26. The Hall–Kier alpha value is -0.680. The molecule has 0 spiro atoms. The highest BCUT2D eigenvalue weighted by atomic mass is 32.1. The van der Waals surface area contributed by atoms with Crippen molar-refractivity contribution in [2.24, 2.45) is 0 Å². The molecule has 5 heteroatoms. The summed E-state index contributed by atoms with van der Waals surface area (Å²) in [4.78, 5) is 11.5. The van der Waals surface area contributed by atoms with Crippen LogP contribution in [0.1, 0.15) is 12.8 Å². The molecular weight excluding hydrogens is 186 g/mol. The van der Waals surface area contributed by atoms with Crippen LogP contribution < -0.4 is 16.0 Å². The third kappa shape index (κ3) is 1.81. The Morgan fingerprint density at radius 2 is 2.00 bits per heavy atom. The third-order valence-electron chi connectivity index (χ3n) is 2.32. The lowest BCUT2D eigenvalue weighted by atomic mass is 10.1. The zero-order valence-corrected chi connectivity index (χ0v) is 8.16. The fourth-order valence-electron chi connectivity index (χ4n) is 1.68. The first kappa shape index (κ1) is 8.90. The number of carbonyl (C=O) groups is 1. The molecule has 4 nitrogen and oxygen atoms in total. The molecule has 2 rings (SSSR count). The number of hydrogen-bond donors (Lipinski definition) is 4. The van der Waals surface area contributed by atoms with Crippen molar-refractivity contribution in [2.45, 2.75) is 18.3 Å². The zero-order valence-electron chi connectivity index (χ0n) is 7.26. The van der Waals surface area contributed by atoms with Gasteiger partial charge in [0, 0.05) is 24.2 Å². The Bertz CT molecular complexity index is 264. The van der Waals surface area contributed by atoms with Gasteiger partial charge in [0.25, 0.3) is 5.91 Å². The van der Waals surface area contributed by atoms with Crippen molar-refractivity contribution in [3.63, 3.8) is 0 Å². The van der Waals surface area contributed by atoms with Gasteiger partial charge in [-0.2, -0.15) is 0 Å². The monoisotopic (exact) mass is 199 g/mol. The van der Waals surface area contributed by atoms with Crippen molar-refractivity contribution >= 4 is 18.5 Å². The predicted molar refractivity (Wildman–Crippen MR) is 53.2 cm³/mol. The van der Waals surface area contributed by atoms with Crippen LogP contribution in [-0.2, 0) is 4.79 Å². The van der Waals surface area contributed by atoms with E-state index in [-0.39, 0.29) is 11.4 Å². The Morgan fingerprint density at radius 1 is 1.23 bits per heavy atom. The van der Waals surface area contributed by atoms with Gasteiger partial charge in [0.15, 0.2) is 0 Å². The number of rotatable bonds is 0. The van der Waals surface area contributed by atoms with Crippen molar-refractivity contribution in [3.8, 4) is 0 Å². The minimum absolute atomic E-state index is 0.0254. The highest BCUT2D eigenvalue weighted by molar-refractivity contribution is 7.80. The topological polar surface area (TPSA) is 53.2 Å². The summed E-state index contributed by atoms with van der Waals surface area (Å²) in [7, 11) is 0. The normalized spacial score (nSPS) is 28.7. The Labute approximate surface area is 82.6 Å². The predicted octanol–water partition coefficient (Wildman–Crippen LogP) is -0.443. The maximum Gasteiger partial charge on any atom is 0.251 e. The van der Waals surface area contributed by atoms with E-state index in [1.807, 2.05) is 0 Å². The van der Waals surface area contributed by atoms with E-state index in [0.29, 0.717) is 0 Å². The molecule has 13 heavy (non-hydrogen) atoms. The van der Waals surface area contributed by atoms with Crippen LogP contribution in [0.2, 0.25) is 0 Å². The van der Waals surface area contributed by atoms with Gasteiger partial charge in [-0.3, -0.25) is 4.79 Å². The van der Waals surface area contributed by atoms with Gasteiger partial charge in [0.05, 0.1) is 0 Å². The van der Waals surface area contributed by atoms with E-state index in [4.69, 9.17) is 0 Å². The second-order valence-corrected chi connectivity index (χ2v) is 3.74. The fourth-order valence-corrected chi connectivity index (χ4v) is 1.95. The molecule has 1 atom stereocenters. The van der Waals surface area contributed by atoms with Gasteiger partial charge >= 0.3 is 0 Å². The van der Waals surface area contributed by atoms with Gasteiger partial charge in [-0.1, -0.05) is 0 Å². The van der Waals surface area contributed by atoms with Crippen LogP contribution >= 0.6 is 12.6 Å². The first-order chi connectivity index (χ1) is 6.27. The molecule has 2 aliphatic rings. The van der Waals surface area contributed by atoms with E-state index in [2.05, 4.69) is 28.6 Å². The molecule has 2 aliphatic heterocycles. The maximum atomic E-state index is 11.5. The van der Waals surface area contributed by atoms with Crippen molar-refractivity contribution in [1.82, 2.24) is 16.0 Å². The standard InChI is InChI=1S/C8H13N3OS/c12-7-5-1-3-9-4-2-6(5)10-8(13)11-7/h8-10,13H,1-4H2,(H,11,12). The molecule has 0 aromatic heterocycles. The molecule has 1 amide bonds. The molecule has 0 radical (unpaired) electrons. The molecule has 0 saturated carbocycles. The molecule has 0 aromatic carbocycles. The second kappa shape index (κ2) is 3.59. The summed E-state index contributed by atoms with van der Waals surface area (Å²) in [6.07, 6.45) is 1.69. The summed E-state index contributed by atoms with van der Waals surface area (Å²) < 4.78 is 0. The third-order valence-corrected chi connectivity index (χ3v) is 2.58. The number of thiol groups is 1. The van der Waals surface area contributed by atoms with Crippen LogP contribution in [0, 0.1) is 0 Å². The highest BCUT2D eigenvalue weighted by Gasteiger charge is 2.24. The number of amides is 1. The van der Waals surface area contributed by atoms with Crippen molar-refractivity contribution in [1.29, 1.82) is 0 Å². The average molecular weight is 199 g/mol. The van der Waals surface area contributed by atoms with Crippen LogP contribution in [-0.4, -0.2) is 24.5 Å². The van der Waals surface area contributed by atoms with Crippen LogP contribution in [0.25, 0.3) is 0 Å². The largest absolute Gasteiger partial charge is 0.360 e. The van der Waals surface area contributed by atoms with Gasteiger partial charge in [-0.15, -0.1) is 12.6 Å². The summed E-state index contributed by atoms with van der Waals surface area (Å²) in [6.45, 7) is 1.81. The number of nitrogens with one attached hydrogen (secondary N) is 3. The van der Waals surface area contributed by atoms with Crippen LogP contribution in [0.5, 0.6) is 0 Å². The number of carbonyl (C=O) groups excluding carboxylic acids is 1. The van der Waals surface area contributed by atoms with E-state index in [0.717, 1.165) is 37.2 Å². The smallest absolute Gasteiger partial charge is 0.251 e. The van der Waals surface area contributed by atoms with E-state index >= 15 is 0 Å². The van der Waals surface area contributed by atoms with E-state index in [1.54, 1.807) is 0 Å². The minimum atomic E-state index is -0.232. The Balaban J connectivity index is 2.23. The molecule has 3 N–H and O–H groups in total. The van der Waals surface area contributed by atoms with Crippen LogP contribution in [0.4, 0.5) is 0 Å². The number of hydrogen-bond acceptors (Lipinski definition) is 4. The summed E-state index contributed by atoms with van der Waals surface area (Å²) in [5.41, 5.74) is 1.70. The molecular formula is C8H13N3OS. The summed E-state index contributed by atoms with van der Waals surface area (Å²) in [5, 5.41) is 9.15. The molecule has 0 aliphatic carbocycles. The lowest BCUT2D eigenvalue weighted by molar-refractivity contribution is -0.118. The summed E-state index contributed by atoms with van der Waals surface area (Å²) in [6, 6.07) is 0. The van der Waals surface area contributed by atoms with Crippen molar-refractivity contribution in [3.05, 3.63) is 11.3 Å². The van der Waals surface area contributed by atoms with Crippen LogP contribution in [0.15, 0.2) is 11.3 Å². The van der Waals surface area contributed by atoms with Crippen molar-refractivity contribution in [2.75, 3.05) is 13.1 Å². The fraction of sp³-hybridized carbons (Fsp3) is 0.625. The molecule has 0 saturated heterocycles. The molecule has 0 fully saturated rings. The minimum Gasteiger partial charge on any atom is -0.360 e. The van der Waals surface area contributed by atoms with Gasteiger partial charge in [-0.05, 0) is 13.0 Å². The molecule has 0 aromatic rings. The summed E-state index contributed by atoms with van der Waals surface area (Å²) >= 11 is 4.17. The lowest BCUT2D eigenvalue weighted by Crippen LogP contribution is -2.47. The highest BCUT2D eigenvalue weighted by Crippen LogP contribution is 2.17. The van der Waals surface area contributed by atoms with Gasteiger partial charge in [0.1, 0.15) is 5.50 Å². The molecule has 0 bridgehead atoms. The van der Waals surface area contributed by atoms with Crippen LogP contribution in [0.3, 0.4) is 0 Å². The Morgan fingerprint density at radius 3 is 2.85 bits per heavy atom. The first-order valence-electron chi connectivity index (χ1n) is 4.45. The average Bonchev–Trinajstić information content (AvgIpc) is 2.28. The second-order valence-electron chi connectivity index (χ2n) is 3.23. The van der Waals surface area contributed by atoms with E-state index in [1.165, 1.54) is 0 Å². The van der Waals surface area contributed by atoms with Gasteiger partial charge < -0.3 is 16.0 Å². The summed E-state index contributed by atoms with van der Waals surface area (Å²) in [5.74, 6) is 0.0254.